The molecule has 0 spiro atoms. The summed E-state index contributed by atoms with van der Waals surface area (Å²) in [5.41, 5.74) is 0.415. The molecule has 1 fully saturated rings. The van der Waals surface area contributed by atoms with Gasteiger partial charge in [-0.2, -0.15) is 0 Å². The molecule has 0 bridgehead atoms. The van der Waals surface area contributed by atoms with E-state index in [-0.39, 0.29) is 12.0 Å². The maximum Gasteiger partial charge on any atom is 0.409 e. The predicted molar refractivity (Wildman–Crippen MR) is 76.4 cm³/mol. The van der Waals surface area contributed by atoms with Crippen molar-refractivity contribution >= 4 is 27.9 Å². The van der Waals surface area contributed by atoms with Gasteiger partial charge < -0.3 is 14.5 Å². The van der Waals surface area contributed by atoms with E-state index in [0.29, 0.717) is 38.5 Å². The fourth-order valence-electron chi connectivity index (χ4n) is 1.97. The van der Waals surface area contributed by atoms with Gasteiger partial charge in [0.2, 0.25) is 0 Å². The van der Waals surface area contributed by atoms with Crippen molar-refractivity contribution in [2.75, 3.05) is 32.8 Å². The Hall–Kier alpha value is -1.63. The largest absolute Gasteiger partial charge is 0.450 e. The van der Waals surface area contributed by atoms with Gasteiger partial charge in [-0.3, -0.25) is 4.79 Å². The van der Waals surface area contributed by atoms with Crippen molar-refractivity contribution in [3.63, 3.8) is 0 Å². The van der Waals surface area contributed by atoms with Gasteiger partial charge in [-0.1, -0.05) is 0 Å². The molecule has 0 N–H and O–H groups in total. The number of hydrogen-bond donors (Lipinski definition) is 0. The number of halogens is 1. The van der Waals surface area contributed by atoms with E-state index in [1.54, 1.807) is 35.1 Å². The van der Waals surface area contributed by atoms with Crippen LogP contribution in [0.15, 0.2) is 22.8 Å². The van der Waals surface area contributed by atoms with Crippen LogP contribution in [0, 0.1) is 0 Å². The Balaban J connectivity index is 1.92. The standard InChI is InChI=1S/C13H16BrN3O3/c1-2-20-13(19)17-7-5-16(6-8-17)12(18)11-4-3-10(14)9-15-11/h3-4,9H,2,5-8H2,1H3. The number of carbonyl (C=O) groups excluding carboxylic acids is 2. The summed E-state index contributed by atoms with van der Waals surface area (Å²) in [6.07, 6.45) is 1.28. The molecule has 1 aliphatic heterocycles. The van der Waals surface area contributed by atoms with Gasteiger partial charge in [0.05, 0.1) is 6.61 Å². The predicted octanol–water partition coefficient (Wildman–Crippen LogP) is 1.76. The zero-order valence-electron chi connectivity index (χ0n) is 11.2. The third kappa shape index (κ3) is 3.47. The highest BCUT2D eigenvalue weighted by Crippen LogP contribution is 2.11. The van der Waals surface area contributed by atoms with Crippen LogP contribution in [-0.4, -0.2) is 59.6 Å². The molecule has 1 aliphatic rings. The first-order chi connectivity index (χ1) is 9.61. The molecular weight excluding hydrogens is 326 g/mol. The fraction of sp³-hybridized carbons (Fsp3) is 0.462. The Bertz CT molecular complexity index is 484. The van der Waals surface area contributed by atoms with Gasteiger partial charge in [-0.05, 0) is 35.0 Å². The Labute approximate surface area is 125 Å². The second kappa shape index (κ2) is 6.69. The highest BCUT2D eigenvalue weighted by molar-refractivity contribution is 9.10. The molecule has 1 saturated heterocycles. The summed E-state index contributed by atoms with van der Waals surface area (Å²) in [7, 11) is 0. The number of nitrogens with zero attached hydrogens (tertiary/aromatic N) is 3. The van der Waals surface area contributed by atoms with Crippen molar-refractivity contribution in [1.29, 1.82) is 0 Å². The molecule has 2 amide bonds. The van der Waals surface area contributed by atoms with Crippen molar-refractivity contribution in [1.82, 2.24) is 14.8 Å². The Kier molecular flexibility index (Phi) is 4.94. The van der Waals surface area contributed by atoms with Gasteiger partial charge in [0.15, 0.2) is 0 Å². The Morgan fingerprint density at radius 3 is 2.45 bits per heavy atom. The molecule has 108 valence electrons. The van der Waals surface area contributed by atoms with Crippen molar-refractivity contribution in [3.05, 3.63) is 28.5 Å². The lowest BCUT2D eigenvalue weighted by atomic mass is 10.2. The van der Waals surface area contributed by atoms with E-state index in [0.717, 1.165) is 4.47 Å². The van der Waals surface area contributed by atoms with Crippen LogP contribution in [0.3, 0.4) is 0 Å². The van der Waals surface area contributed by atoms with Crippen LogP contribution >= 0.6 is 15.9 Å². The summed E-state index contributed by atoms with van der Waals surface area (Å²) < 4.78 is 5.78. The van der Waals surface area contributed by atoms with E-state index in [2.05, 4.69) is 20.9 Å². The second-order valence-electron chi connectivity index (χ2n) is 4.34. The minimum atomic E-state index is -0.318. The van der Waals surface area contributed by atoms with Crippen LogP contribution in [0.25, 0.3) is 0 Å². The monoisotopic (exact) mass is 341 g/mol. The lowest BCUT2D eigenvalue weighted by Gasteiger charge is -2.33. The SMILES string of the molecule is CCOC(=O)N1CCN(C(=O)c2ccc(Br)cn2)CC1. The number of amides is 2. The molecule has 2 rings (SSSR count). The summed E-state index contributed by atoms with van der Waals surface area (Å²) in [5, 5.41) is 0. The third-order valence-corrected chi connectivity index (χ3v) is 3.51. The first-order valence-corrected chi connectivity index (χ1v) is 7.23. The van der Waals surface area contributed by atoms with E-state index in [9.17, 15) is 9.59 Å². The Morgan fingerprint density at radius 1 is 1.25 bits per heavy atom. The van der Waals surface area contributed by atoms with Crippen LogP contribution in [-0.2, 0) is 4.74 Å². The summed E-state index contributed by atoms with van der Waals surface area (Å²) in [6, 6.07) is 3.47. The second-order valence-corrected chi connectivity index (χ2v) is 5.26. The van der Waals surface area contributed by atoms with Crippen LogP contribution in [0.1, 0.15) is 17.4 Å². The highest BCUT2D eigenvalue weighted by atomic mass is 79.9. The first-order valence-electron chi connectivity index (χ1n) is 6.44. The zero-order valence-corrected chi connectivity index (χ0v) is 12.8. The van der Waals surface area contributed by atoms with Gasteiger partial charge in [0, 0.05) is 36.8 Å². The molecule has 1 aromatic rings. The molecule has 1 aromatic heterocycles. The molecule has 6 nitrogen and oxygen atoms in total. The average molecular weight is 342 g/mol. The quantitative estimate of drug-likeness (QED) is 0.822. The van der Waals surface area contributed by atoms with Gasteiger partial charge in [-0.25, -0.2) is 9.78 Å². The maximum atomic E-state index is 12.2. The molecule has 20 heavy (non-hydrogen) atoms. The molecule has 0 atom stereocenters. The molecule has 0 unspecified atom stereocenters. The smallest absolute Gasteiger partial charge is 0.409 e. The number of carbonyl (C=O) groups is 2. The van der Waals surface area contributed by atoms with E-state index >= 15 is 0 Å². The van der Waals surface area contributed by atoms with Crippen LogP contribution in [0.4, 0.5) is 4.79 Å². The number of pyridine rings is 1. The topological polar surface area (TPSA) is 62.7 Å². The van der Waals surface area contributed by atoms with Gasteiger partial charge in [0.25, 0.3) is 5.91 Å². The third-order valence-electron chi connectivity index (χ3n) is 3.04. The van der Waals surface area contributed by atoms with Crippen LogP contribution in [0.5, 0.6) is 0 Å². The van der Waals surface area contributed by atoms with Crippen molar-refractivity contribution in [2.45, 2.75) is 6.92 Å². The van der Waals surface area contributed by atoms with Gasteiger partial charge in [-0.15, -0.1) is 0 Å². The number of piperazine rings is 1. The maximum absolute atomic E-state index is 12.2. The molecule has 7 heteroatoms. The van der Waals surface area contributed by atoms with Crippen LogP contribution < -0.4 is 0 Å². The summed E-state index contributed by atoms with van der Waals surface area (Å²) in [5.74, 6) is -0.110. The summed E-state index contributed by atoms with van der Waals surface area (Å²) >= 11 is 3.28. The van der Waals surface area contributed by atoms with Crippen LogP contribution in [0.2, 0.25) is 0 Å². The summed E-state index contributed by atoms with van der Waals surface area (Å²) in [4.78, 5) is 31.2. The first kappa shape index (κ1) is 14.8. The van der Waals surface area contributed by atoms with Crippen molar-refractivity contribution < 1.29 is 14.3 Å². The van der Waals surface area contributed by atoms with E-state index in [1.165, 1.54) is 0 Å². The van der Waals surface area contributed by atoms with E-state index in [1.807, 2.05) is 0 Å². The minimum Gasteiger partial charge on any atom is -0.450 e. The molecule has 0 saturated carbocycles. The van der Waals surface area contributed by atoms with Crippen molar-refractivity contribution in [3.8, 4) is 0 Å². The normalized spacial score (nSPS) is 15.1. The van der Waals surface area contributed by atoms with Gasteiger partial charge in [0.1, 0.15) is 5.69 Å². The molecule has 0 aliphatic carbocycles. The van der Waals surface area contributed by atoms with E-state index < -0.39 is 0 Å². The summed E-state index contributed by atoms with van der Waals surface area (Å²) in [6.45, 7) is 4.10. The molecular formula is C13H16BrN3O3. The lowest BCUT2D eigenvalue weighted by molar-refractivity contribution is 0.0566. The van der Waals surface area contributed by atoms with E-state index in [4.69, 9.17) is 4.74 Å². The zero-order chi connectivity index (χ0) is 14.5. The van der Waals surface area contributed by atoms with Gasteiger partial charge >= 0.3 is 6.09 Å². The van der Waals surface area contributed by atoms with Crippen molar-refractivity contribution in [2.24, 2.45) is 0 Å². The Morgan fingerprint density at radius 2 is 1.90 bits per heavy atom. The lowest BCUT2D eigenvalue weighted by Crippen LogP contribution is -2.50. The average Bonchev–Trinajstić information content (AvgIpc) is 2.48. The highest BCUT2D eigenvalue weighted by Gasteiger charge is 2.25. The number of hydrogen-bond acceptors (Lipinski definition) is 4. The minimum absolute atomic E-state index is 0.110. The number of ether oxygens (including phenoxy) is 1. The number of rotatable bonds is 2. The molecule has 0 radical (unpaired) electrons. The molecule has 0 aromatic carbocycles. The fourth-order valence-corrected chi connectivity index (χ4v) is 2.21. The molecule has 2 heterocycles. The number of aromatic nitrogens is 1.